The molecule has 0 aromatic rings. The van der Waals surface area contributed by atoms with Gasteiger partial charge in [-0.3, -0.25) is 9.59 Å². The van der Waals surface area contributed by atoms with Crippen molar-refractivity contribution in [3.8, 4) is 0 Å². The number of Topliss-reactive ketones (excluding diaryl/α,β-unsaturated/α-hetero) is 1. The van der Waals surface area contributed by atoms with Crippen molar-refractivity contribution in [1.82, 2.24) is 5.32 Å². The smallest absolute Gasteiger partial charge is 0.328 e. The minimum absolute atomic E-state index is 0.0515. The second-order valence-electron chi connectivity index (χ2n) is 11.9. The molecule has 8 unspecified atom stereocenters. The Kier molecular flexibility index (Phi) is 6.76. The highest BCUT2D eigenvalue weighted by atomic mass is 16.5. The highest BCUT2D eigenvalue weighted by Gasteiger charge is 2.59. The molecule has 0 aliphatic heterocycles. The van der Waals surface area contributed by atoms with Gasteiger partial charge in [0.15, 0.2) is 0 Å². The molecule has 1 amide bonds. The Hall–Kier alpha value is -1.39. The fraction of sp³-hybridized carbons (Fsp3) is 0.889. The van der Waals surface area contributed by atoms with Gasteiger partial charge in [0, 0.05) is 19.3 Å². The SMILES string of the molecule is COC(=O)C(C)NC(=O)CCCC1CCC2C3CCC4CC(=O)CCC4(C)C3CCC12C. The van der Waals surface area contributed by atoms with E-state index in [1.165, 1.54) is 45.6 Å². The van der Waals surface area contributed by atoms with Crippen molar-refractivity contribution >= 4 is 17.7 Å². The van der Waals surface area contributed by atoms with E-state index in [-0.39, 0.29) is 5.91 Å². The fourth-order valence-corrected chi connectivity index (χ4v) is 8.69. The van der Waals surface area contributed by atoms with Crippen molar-refractivity contribution in [3.63, 3.8) is 0 Å². The van der Waals surface area contributed by atoms with Gasteiger partial charge in [0.2, 0.25) is 5.91 Å². The molecule has 5 heteroatoms. The van der Waals surface area contributed by atoms with E-state index in [2.05, 4.69) is 23.9 Å². The van der Waals surface area contributed by atoms with Crippen molar-refractivity contribution in [3.05, 3.63) is 0 Å². The summed E-state index contributed by atoms with van der Waals surface area (Å²) >= 11 is 0. The van der Waals surface area contributed by atoms with Crippen molar-refractivity contribution < 1.29 is 19.1 Å². The van der Waals surface area contributed by atoms with Gasteiger partial charge in [0.25, 0.3) is 0 Å². The molecule has 0 spiro atoms. The van der Waals surface area contributed by atoms with Crippen molar-refractivity contribution in [2.45, 2.75) is 104 Å². The fourth-order valence-electron chi connectivity index (χ4n) is 8.69. The normalized spacial score (nSPS) is 41.8. The van der Waals surface area contributed by atoms with E-state index in [0.29, 0.717) is 34.9 Å². The number of amides is 1. The monoisotopic (exact) mass is 445 g/mol. The molecular weight excluding hydrogens is 402 g/mol. The zero-order valence-corrected chi connectivity index (χ0v) is 20.6. The minimum Gasteiger partial charge on any atom is -0.467 e. The van der Waals surface area contributed by atoms with Gasteiger partial charge in [0.05, 0.1) is 7.11 Å². The molecule has 4 aliphatic rings. The molecule has 4 fully saturated rings. The maximum Gasteiger partial charge on any atom is 0.328 e. The number of hydrogen-bond acceptors (Lipinski definition) is 4. The van der Waals surface area contributed by atoms with Crippen LogP contribution < -0.4 is 5.32 Å². The van der Waals surface area contributed by atoms with Crippen LogP contribution in [0, 0.1) is 40.4 Å². The van der Waals surface area contributed by atoms with Crippen LogP contribution in [0.3, 0.4) is 0 Å². The predicted octanol–water partition coefficient (Wildman–Crippen LogP) is 5.06. The largest absolute Gasteiger partial charge is 0.467 e. The average molecular weight is 446 g/mol. The van der Waals surface area contributed by atoms with Gasteiger partial charge in [-0.25, -0.2) is 4.79 Å². The van der Waals surface area contributed by atoms with Crippen molar-refractivity contribution in [2.75, 3.05) is 7.11 Å². The number of fused-ring (bicyclic) bond motifs is 5. The van der Waals surface area contributed by atoms with Crippen LogP contribution in [0.25, 0.3) is 0 Å². The van der Waals surface area contributed by atoms with Crippen LogP contribution >= 0.6 is 0 Å². The van der Waals surface area contributed by atoms with E-state index in [4.69, 9.17) is 0 Å². The molecule has 1 N–H and O–H groups in total. The van der Waals surface area contributed by atoms with Gasteiger partial charge in [-0.15, -0.1) is 0 Å². The molecule has 0 heterocycles. The minimum atomic E-state index is -0.581. The molecule has 0 bridgehead atoms. The number of ketones is 1. The van der Waals surface area contributed by atoms with Crippen LogP contribution in [0.1, 0.15) is 97.8 Å². The lowest BCUT2D eigenvalue weighted by Gasteiger charge is -2.60. The maximum absolute atomic E-state index is 12.2. The molecule has 0 aromatic heterocycles. The number of carbonyl (C=O) groups is 3. The number of hydrogen-bond donors (Lipinski definition) is 1. The van der Waals surface area contributed by atoms with Crippen LogP contribution in [-0.4, -0.2) is 30.8 Å². The topological polar surface area (TPSA) is 72.5 Å². The highest BCUT2D eigenvalue weighted by molar-refractivity contribution is 5.84. The molecule has 4 saturated carbocycles. The van der Waals surface area contributed by atoms with Gasteiger partial charge >= 0.3 is 5.97 Å². The Morgan fingerprint density at radius 3 is 2.56 bits per heavy atom. The van der Waals surface area contributed by atoms with Gasteiger partial charge in [-0.05, 0) is 105 Å². The summed E-state index contributed by atoms with van der Waals surface area (Å²) in [5.74, 6) is 3.83. The molecule has 32 heavy (non-hydrogen) atoms. The molecule has 0 radical (unpaired) electrons. The lowest BCUT2D eigenvalue weighted by Crippen LogP contribution is -2.53. The number of methoxy groups -OCH3 is 1. The number of esters is 1. The summed E-state index contributed by atoms with van der Waals surface area (Å²) in [5.41, 5.74) is 0.787. The molecule has 0 saturated heterocycles. The van der Waals surface area contributed by atoms with Crippen LogP contribution in [0.5, 0.6) is 0 Å². The first-order valence-electron chi connectivity index (χ1n) is 13.1. The number of rotatable bonds is 6. The van der Waals surface area contributed by atoms with E-state index < -0.39 is 12.0 Å². The van der Waals surface area contributed by atoms with Crippen LogP contribution in [0.4, 0.5) is 0 Å². The lowest BCUT2D eigenvalue weighted by molar-refractivity contribution is -0.144. The highest BCUT2D eigenvalue weighted by Crippen LogP contribution is 2.67. The van der Waals surface area contributed by atoms with E-state index in [0.717, 1.165) is 49.9 Å². The van der Waals surface area contributed by atoms with E-state index in [1.54, 1.807) is 6.92 Å². The number of nitrogens with one attached hydrogen (secondary N) is 1. The second-order valence-corrected chi connectivity index (χ2v) is 11.9. The lowest BCUT2D eigenvalue weighted by atomic mass is 9.44. The summed E-state index contributed by atoms with van der Waals surface area (Å²) in [6.45, 7) is 6.73. The molecular formula is C27H43NO4. The van der Waals surface area contributed by atoms with Gasteiger partial charge < -0.3 is 10.1 Å². The van der Waals surface area contributed by atoms with E-state index in [9.17, 15) is 14.4 Å². The third-order valence-electron chi connectivity index (χ3n) is 10.6. The van der Waals surface area contributed by atoms with Gasteiger partial charge in [-0.1, -0.05) is 13.8 Å². The molecule has 4 aliphatic carbocycles. The van der Waals surface area contributed by atoms with Crippen LogP contribution in [-0.2, 0) is 19.1 Å². The van der Waals surface area contributed by atoms with Crippen LogP contribution in [0.2, 0.25) is 0 Å². The van der Waals surface area contributed by atoms with Crippen molar-refractivity contribution in [1.29, 1.82) is 0 Å². The second kappa shape index (κ2) is 9.10. The standard InChI is InChI=1S/C27H43NO4/c1-17(25(31)32-4)28-24(30)7-5-6-18-9-11-22-21-10-8-19-16-20(29)12-14-27(19,3)23(21)13-15-26(18,22)2/h17-19,21-23H,5-16H2,1-4H3,(H,28,30). The molecule has 4 rings (SSSR count). The third-order valence-corrected chi connectivity index (χ3v) is 10.6. The Balaban J connectivity index is 1.34. The first-order valence-corrected chi connectivity index (χ1v) is 13.1. The van der Waals surface area contributed by atoms with E-state index in [1.807, 2.05) is 0 Å². The van der Waals surface area contributed by atoms with Crippen molar-refractivity contribution in [2.24, 2.45) is 40.4 Å². The zero-order chi connectivity index (χ0) is 23.1. The summed E-state index contributed by atoms with van der Waals surface area (Å²) in [5, 5.41) is 2.76. The summed E-state index contributed by atoms with van der Waals surface area (Å²) in [6, 6.07) is -0.581. The van der Waals surface area contributed by atoms with Crippen LogP contribution in [0.15, 0.2) is 0 Å². The molecule has 180 valence electrons. The quantitative estimate of drug-likeness (QED) is 0.580. The summed E-state index contributed by atoms with van der Waals surface area (Å²) < 4.78 is 4.69. The Bertz CT molecular complexity index is 750. The van der Waals surface area contributed by atoms with E-state index >= 15 is 0 Å². The zero-order valence-electron chi connectivity index (χ0n) is 20.6. The molecule has 8 atom stereocenters. The predicted molar refractivity (Wildman–Crippen MR) is 124 cm³/mol. The summed E-state index contributed by atoms with van der Waals surface area (Å²) in [7, 11) is 1.34. The summed E-state index contributed by atoms with van der Waals surface area (Å²) in [6.07, 6.45) is 13.1. The Labute approximate surface area is 193 Å². The summed E-state index contributed by atoms with van der Waals surface area (Å²) in [4.78, 5) is 35.9. The first kappa shape index (κ1) is 23.8. The molecule has 0 aromatic carbocycles. The Morgan fingerprint density at radius 1 is 1.06 bits per heavy atom. The first-order chi connectivity index (χ1) is 15.2. The number of ether oxygens (including phenoxy) is 1. The third kappa shape index (κ3) is 4.14. The average Bonchev–Trinajstić information content (AvgIpc) is 3.10. The number of carbonyl (C=O) groups excluding carboxylic acids is 3. The maximum atomic E-state index is 12.2. The Morgan fingerprint density at radius 2 is 1.81 bits per heavy atom. The van der Waals surface area contributed by atoms with Gasteiger partial charge in [0.1, 0.15) is 11.8 Å². The van der Waals surface area contributed by atoms with Gasteiger partial charge in [-0.2, -0.15) is 0 Å². The molecule has 5 nitrogen and oxygen atoms in total.